The Morgan fingerprint density at radius 2 is 0.828 bits per heavy atom. The van der Waals surface area contributed by atoms with Crippen molar-refractivity contribution in [1.29, 1.82) is 0 Å². The van der Waals surface area contributed by atoms with E-state index in [0.29, 0.717) is 25.0 Å². The summed E-state index contributed by atoms with van der Waals surface area (Å²) in [6.07, 6.45) is 64.6. The third kappa shape index (κ3) is 44.4. The van der Waals surface area contributed by atoms with Gasteiger partial charge in [0.1, 0.15) is 0 Å². The summed E-state index contributed by atoms with van der Waals surface area (Å²) >= 11 is 0. The van der Waals surface area contributed by atoms with Gasteiger partial charge in [0.25, 0.3) is 0 Å². The Balaban J connectivity index is 0. The summed E-state index contributed by atoms with van der Waals surface area (Å²) < 4.78 is 6.61. The highest BCUT2D eigenvalue weighted by molar-refractivity contribution is 5.65. The van der Waals surface area contributed by atoms with Crippen LogP contribution >= 0.6 is 0 Å². The minimum atomic E-state index is -0.182. The number of aromatic nitrogens is 1. The molecule has 0 bridgehead atoms. The third-order valence-corrected chi connectivity index (χ3v) is 8.81. The highest BCUT2D eigenvalue weighted by atomic mass is 16.5. The number of esters is 1. The molecule has 0 amide bonds. The molecule has 1 aromatic heterocycles. The van der Waals surface area contributed by atoms with Crippen LogP contribution in [0.1, 0.15) is 149 Å². The van der Waals surface area contributed by atoms with Gasteiger partial charge in [0.15, 0.2) is 12.4 Å². The van der Waals surface area contributed by atoms with Crippen LogP contribution in [-0.4, -0.2) is 30.2 Å². The molecule has 1 heterocycles. The summed E-state index contributed by atoms with van der Waals surface area (Å²) in [5, 5.41) is 9.10. The minimum absolute atomic E-state index is 0.0376. The maximum atomic E-state index is 10.8. The Kier molecular flexibility index (Phi) is 45.2. The lowest BCUT2D eigenvalue weighted by Gasteiger charge is -2.12. The van der Waals surface area contributed by atoms with E-state index in [0.717, 1.165) is 103 Å². The summed E-state index contributed by atoms with van der Waals surface area (Å²) in [4.78, 5) is 21.4. The molecule has 2 unspecified atom stereocenters. The van der Waals surface area contributed by atoms with Gasteiger partial charge in [0.2, 0.25) is 0 Å². The Hall–Kier alpha value is -4.35. The van der Waals surface area contributed by atoms with Crippen molar-refractivity contribution in [2.24, 2.45) is 11.8 Å². The predicted molar refractivity (Wildman–Crippen MR) is 252 cm³/mol. The first-order valence-corrected chi connectivity index (χ1v) is 22.1. The van der Waals surface area contributed by atoms with Crippen LogP contribution in [0.25, 0.3) is 0 Å². The fraction of sp³-hybridized carbons (Fsp3) is 0.491. The number of nitrogens with zero attached hydrogens (tertiary/aromatic N) is 1. The average molecular weight is 797 g/mol. The monoisotopic (exact) mass is 797 g/mol. The van der Waals surface area contributed by atoms with E-state index >= 15 is 0 Å². The van der Waals surface area contributed by atoms with Gasteiger partial charge in [-0.3, -0.25) is 4.79 Å². The maximum absolute atomic E-state index is 10.8. The molecule has 0 saturated heterocycles. The Bertz CT molecular complexity index is 1370. The molecule has 1 rings (SSSR count). The molecule has 0 spiro atoms. The number of pyridine rings is 1. The van der Waals surface area contributed by atoms with Gasteiger partial charge in [-0.05, 0) is 102 Å². The molecule has 322 valence electrons. The molecule has 0 fully saturated rings. The number of ether oxygens (including phenoxy) is 1. The van der Waals surface area contributed by atoms with Crippen LogP contribution in [-0.2, 0) is 9.53 Å². The fourth-order valence-electron chi connectivity index (χ4n) is 5.07. The molecule has 5 heteroatoms. The Morgan fingerprint density at radius 3 is 1.10 bits per heavy atom. The lowest BCUT2D eigenvalue weighted by molar-refractivity contribution is -0.572. The average Bonchev–Trinajstić information content (AvgIpc) is 3.23. The van der Waals surface area contributed by atoms with E-state index < -0.39 is 0 Å². The fourth-order valence-corrected chi connectivity index (χ4v) is 5.07. The van der Waals surface area contributed by atoms with E-state index in [9.17, 15) is 9.59 Å². The van der Waals surface area contributed by atoms with Crippen molar-refractivity contribution in [3.8, 4) is 0 Å². The van der Waals surface area contributed by atoms with Gasteiger partial charge in [-0.25, -0.2) is 4.79 Å². The molecule has 1 aromatic rings. The molecule has 0 saturated carbocycles. The molecule has 0 aliphatic carbocycles. The largest absolute Gasteiger partial charge is 0.466 e. The van der Waals surface area contributed by atoms with E-state index in [4.69, 9.17) is 9.84 Å². The Labute approximate surface area is 356 Å². The number of aliphatic hydroxyl groups excluding tert-OH is 1. The van der Waals surface area contributed by atoms with Crippen LogP contribution in [0.3, 0.4) is 0 Å². The van der Waals surface area contributed by atoms with Crippen molar-refractivity contribution in [3.05, 3.63) is 152 Å². The van der Waals surface area contributed by atoms with E-state index in [2.05, 4.69) is 149 Å². The maximum Gasteiger partial charge on any atom is 0.389 e. The van der Waals surface area contributed by atoms with E-state index in [1.165, 1.54) is 18.4 Å². The van der Waals surface area contributed by atoms with Gasteiger partial charge in [-0.2, -0.15) is 0 Å². The van der Waals surface area contributed by atoms with Gasteiger partial charge in [-0.1, -0.05) is 168 Å². The summed E-state index contributed by atoms with van der Waals surface area (Å²) in [6, 6.07) is 5.52. The lowest BCUT2D eigenvalue weighted by atomic mass is 10.0. The first kappa shape index (κ1) is 55.7. The van der Waals surface area contributed by atoms with Crippen LogP contribution in [0.2, 0.25) is 0 Å². The van der Waals surface area contributed by atoms with Crippen molar-refractivity contribution < 1.29 is 24.0 Å². The second-order valence-electron chi connectivity index (χ2n) is 13.9. The van der Waals surface area contributed by atoms with Gasteiger partial charge >= 0.3 is 11.9 Å². The van der Waals surface area contributed by atoms with Crippen LogP contribution in [0, 0.1) is 11.8 Å². The number of allylic oxidation sites excluding steroid dienone is 20. The van der Waals surface area contributed by atoms with Gasteiger partial charge in [0.05, 0.1) is 13.5 Å². The standard InChI is InChI=1S/C24H38O2.C22H36O.C7H8NO/c1-4-6-7-8-9-10-11-12-13-14-15-16-17-18-19-20-21-24(5-2)22-26-23(3)25;1-3-5-6-7-8-9-10-11-12-13-14-15-16-17-18-19-20-22(4-2)21-23;1-7(9)8-5-3-2-4-6-8/h6-7,9-10,12-13,15-16,18-19,24H,4-5,8,11,14,17,20-22H2,1-3H3;5-6,8-9,11-12,14-15,17-18,22-23H,3-4,7,10,13,16,19-21H2,1-2H3;2-6H,1H3/q;;+1/b7-6-,10-9-,13-12-,16-15-,19-18-;6-5-,9-8-,12-11-,15-14-,18-17-;. The van der Waals surface area contributed by atoms with Crippen molar-refractivity contribution in [2.45, 2.75) is 144 Å². The van der Waals surface area contributed by atoms with Gasteiger partial charge in [0, 0.05) is 25.7 Å². The molecule has 58 heavy (non-hydrogen) atoms. The second kappa shape index (κ2) is 47.0. The number of carbonyl (C=O) groups excluding carboxylic acids is 2. The van der Waals surface area contributed by atoms with Crippen molar-refractivity contribution in [3.63, 3.8) is 0 Å². The van der Waals surface area contributed by atoms with E-state index in [-0.39, 0.29) is 11.9 Å². The Morgan fingerprint density at radius 1 is 0.500 bits per heavy atom. The quantitative estimate of drug-likeness (QED) is 0.0498. The number of hydrogen-bond donors (Lipinski definition) is 1. The molecule has 0 aliphatic heterocycles. The van der Waals surface area contributed by atoms with Crippen LogP contribution in [0.15, 0.2) is 152 Å². The number of rotatable bonds is 29. The molecular formula is C53H82NO4+. The number of carbonyl (C=O) groups is 2. The summed E-state index contributed by atoms with van der Waals surface area (Å²) in [5.41, 5.74) is 0. The highest BCUT2D eigenvalue weighted by Gasteiger charge is 2.07. The minimum Gasteiger partial charge on any atom is -0.466 e. The molecule has 5 nitrogen and oxygen atoms in total. The highest BCUT2D eigenvalue weighted by Crippen LogP contribution is 2.12. The zero-order valence-corrected chi connectivity index (χ0v) is 37.4. The molecule has 2 atom stereocenters. The smallest absolute Gasteiger partial charge is 0.389 e. The van der Waals surface area contributed by atoms with Crippen molar-refractivity contribution in [2.75, 3.05) is 13.2 Å². The van der Waals surface area contributed by atoms with Crippen molar-refractivity contribution >= 4 is 11.9 Å². The molecule has 0 radical (unpaired) electrons. The van der Waals surface area contributed by atoms with Crippen molar-refractivity contribution in [1.82, 2.24) is 0 Å². The summed E-state index contributed by atoms with van der Waals surface area (Å²) in [7, 11) is 0. The molecule has 1 N–H and O–H groups in total. The molecular weight excluding hydrogens is 715 g/mol. The van der Waals surface area contributed by atoms with Crippen LogP contribution in [0.4, 0.5) is 0 Å². The molecule has 0 aromatic carbocycles. The van der Waals surface area contributed by atoms with Crippen LogP contribution < -0.4 is 4.57 Å². The third-order valence-electron chi connectivity index (χ3n) is 8.81. The zero-order chi connectivity index (χ0) is 43.0. The summed E-state index contributed by atoms with van der Waals surface area (Å²) in [6.45, 7) is 12.5. The van der Waals surface area contributed by atoms with Gasteiger partial charge in [-0.15, -0.1) is 4.57 Å². The SMILES string of the molecule is CC(=O)[n+]1ccccc1.CC/C=C\C/C=C\C/C=C\C/C=C\C/C=C\CCC(CC)CO.CC/C=C\C/C=C\C/C=C\C/C=C\C/C=C\CCC(CC)COC(C)=O. The van der Waals surface area contributed by atoms with E-state index in [1.54, 1.807) is 12.4 Å². The topological polar surface area (TPSA) is 67.5 Å². The first-order chi connectivity index (χ1) is 28.4. The zero-order valence-electron chi connectivity index (χ0n) is 37.4. The lowest BCUT2D eigenvalue weighted by Crippen LogP contribution is -2.38. The second-order valence-corrected chi connectivity index (χ2v) is 13.9. The first-order valence-electron chi connectivity index (χ1n) is 22.1. The molecule has 0 aliphatic rings. The predicted octanol–water partition coefficient (Wildman–Crippen LogP) is 14.3. The van der Waals surface area contributed by atoms with E-state index in [1.807, 2.05) is 18.2 Å². The van der Waals surface area contributed by atoms with Gasteiger partial charge < -0.3 is 9.84 Å². The normalized spacial score (nSPS) is 13.3. The number of aliphatic hydroxyl groups is 1. The number of hydrogen-bond acceptors (Lipinski definition) is 4. The van der Waals surface area contributed by atoms with Crippen LogP contribution in [0.5, 0.6) is 0 Å². The summed E-state index contributed by atoms with van der Waals surface area (Å²) in [5.74, 6) is 0.798.